The van der Waals surface area contributed by atoms with E-state index in [0.29, 0.717) is 45.3 Å². The first-order valence-electron chi connectivity index (χ1n) is 10.4. The van der Waals surface area contributed by atoms with Crippen LogP contribution in [0.2, 0.25) is 0 Å². The van der Waals surface area contributed by atoms with Gasteiger partial charge in [0.15, 0.2) is 0 Å². The molecule has 3 amide bonds. The van der Waals surface area contributed by atoms with E-state index in [2.05, 4.69) is 10.6 Å². The van der Waals surface area contributed by atoms with Gasteiger partial charge in [-0.15, -0.1) is 0 Å². The predicted octanol–water partition coefficient (Wildman–Crippen LogP) is -2.24. The van der Waals surface area contributed by atoms with Crippen LogP contribution in [0.3, 0.4) is 0 Å². The molecule has 2 saturated heterocycles. The summed E-state index contributed by atoms with van der Waals surface area (Å²) in [4.78, 5) is 41.6. The van der Waals surface area contributed by atoms with Crippen LogP contribution in [-0.4, -0.2) is 101 Å². The molecule has 2 heterocycles. The van der Waals surface area contributed by atoms with Gasteiger partial charge in [0, 0.05) is 19.6 Å². The van der Waals surface area contributed by atoms with Gasteiger partial charge in [-0.05, 0) is 46.6 Å². The number of aliphatic hydroxyl groups is 2. The van der Waals surface area contributed by atoms with Crippen molar-refractivity contribution < 1.29 is 24.6 Å². The molecule has 0 spiro atoms. The summed E-state index contributed by atoms with van der Waals surface area (Å²) >= 11 is 0. The van der Waals surface area contributed by atoms with Crippen molar-refractivity contribution in [1.29, 1.82) is 0 Å². The topological polar surface area (TPSA) is 148 Å². The fraction of sp³-hybridized carbons (Fsp3) is 0.842. The molecule has 0 aromatic carbocycles. The van der Waals surface area contributed by atoms with E-state index in [-0.39, 0.29) is 11.8 Å². The maximum atomic E-state index is 13.2. The largest absolute Gasteiger partial charge is 0.391 e. The van der Waals surface area contributed by atoms with Crippen LogP contribution in [0.15, 0.2) is 0 Å². The van der Waals surface area contributed by atoms with Crippen molar-refractivity contribution in [3.05, 3.63) is 0 Å². The molecule has 0 aromatic heterocycles. The van der Waals surface area contributed by atoms with Crippen LogP contribution in [0.5, 0.6) is 0 Å². The van der Waals surface area contributed by atoms with Crippen molar-refractivity contribution in [1.82, 2.24) is 20.4 Å². The highest BCUT2D eigenvalue weighted by Crippen LogP contribution is 2.25. The molecule has 29 heavy (non-hydrogen) atoms. The Balaban J connectivity index is 2.08. The van der Waals surface area contributed by atoms with Crippen LogP contribution < -0.4 is 16.4 Å². The zero-order chi connectivity index (χ0) is 21.7. The summed E-state index contributed by atoms with van der Waals surface area (Å²) in [6, 6.07) is -2.82. The van der Waals surface area contributed by atoms with Gasteiger partial charge in [0.05, 0.1) is 18.2 Å². The zero-order valence-electron chi connectivity index (χ0n) is 17.5. The maximum absolute atomic E-state index is 13.2. The van der Waals surface area contributed by atoms with Crippen LogP contribution in [0.1, 0.15) is 39.5 Å². The number of nitrogens with two attached hydrogens (primary N) is 1. The number of aliphatic hydroxyl groups excluding tert-OH is 2. The van der Waals surface area contributed by atoms with E-state index in [9.17, 15) is 24.6 Å². The minimum Gasteiger partial charge on any atom is -0.391 e. The molecule has 0 radical (unpaired) electrons. The third-order valence-corrected chi connectivity index (χ3v) is 5.80. The molecule has 0 saturated carbocycles. The fourth-order valence-electron chi connectivity index (χ4n) is 4.02. The van der Waals surface area contributed by atoms with E-state index in [4.69, 9.17) is 5.73 Å². The van der Waals surface area contributed by atoms with Crippen LogP contribution in [-0.2, 0) is 14.4 Å². The molecular formula is C19H35N5O5. The Morgan fingerprint density at radius 1 is 1.03 bits per heavy atom. The molecular weight excluding hydrogens is 378 g/mol. The second-order valence-electron chi connectivity index (χ2n) is 8.06. The second kappa shape index (κ2) is 10.3. The quantitative estimate of drug-likeness (QED) is 0.302. The number of carbonyl (C=O) groups is 3. The first kappa shape index (κ1) is 23.5. The molecule has 0 aromatic rings. The highest BCUT2D eigenvalue weighted by molar-refractivity contribution is 5.94. The number of hydrogen-bond acceptors (Lipinski definition) is 7. The Bertz CT molecular complexity index is 600. The average Bonchev–Trinajstić information content (AvgIpc) is 3.35. The Labute approximate surface area is 171 Å². The molecule has 0 bridgehead atoms. The molecule has 2 aliphatic rings. The number of likely N-dealkylation sites (tertiary alicyclic amines) is 2. The van der Waals surface area contributed by atoms with Crippen LogP contribution >= 0.6 is 0 Å². The van der Waals surface area contributed by atoms with Gasteiger partial charge in [0.2, 0.25) is 17.7 Å². The van der Waals surface area contributed by atoms with Gasteiger partial charge in [-0.1, -0.05) is 0 Å². The van der Waals surface area contributed by atoms with Crippen molar-refractivity contribution in [2.24, 2.45) is 5.73 Å². The summed E-state index contributed by atoms with van der Waals surface area (Å²) in [5.74, 6) is -0.999. The Morgan fingerprint density at radius 2 is 1.62 bits per heavy atom. The Morgan fingerprint density at radius 3 is 2.17 bits per heavy atom. The number of nitrogens with zero attached hydrogens (tertiary/aromatic N) is 2. The van der Waals surface area contributed by atoms with Crippen molar-refractivity contribution in [2.45, 2.75) is 75.9 Å². The van der Waals surface area contributed by atoms with E-state index < -0.39 is 42.3 Å². The first-order chi connectivity index (χ1) is 13.7. The standard InChI is InChI=1S/C19H35N5O5/c1-11(25)13(10-21-3)22-17(27)14-6-4-8-23(14)18(28)15-7-5-9-24(15)19(29)16(20)12(2)26/h11-16,21,25-26H,4-10,20H2,1-3H3,(H,22,27)/t11-,12-,13-,14+,15+,16+/m1/s1. The molecule has 6 N–H and O–H groups in total. The zero-order valence-corrected chi connectivity index (χ0v) is 17.5. The van der Waals surface area contributed by atoms with Crippen molar-refractivity contribution >= 4 is 17.7 Å². The van der Waals surface area contributed by atoms with Gasteiger partial charge < -0.3 is 36.4 Å². The molecule has 0 unspecified atom stereocenters. The van der Waals surface area contributed by atoms with Crippen molar-refractivity contribution in [3.8, 4) is 0 Å². The smallest absolute Gasteiger partial charge is 0.246 e. The van der Waals surface area contributed by atoms with E-state index in [0.717, 1.165) is 0 Å². The molecule has 10 nitrogen and oxygen atoms in total. The van der Waals surface area contributed by atoms with Gasteiger partial charge in [-0.3, -0.25) is 14.4 Å². The Kier molecular flexibility index (Phi) is 8.38. The highest BCUT2D eigenvalue weighted by Gasteiger charge is 2.43. The van der Waals surface area contributed by atoms with Crippen molar-refractivity contribution in [3.63, 3.8) is 0 Å². The van der Waals surface area contributed by atoms with Gasteiger partial charge >= 0.3 is 0 Å². The molecule has 10 heteroatoms. The van der Waals surface area contributed by atoms with Crippen LogP contribution in [0, 0.1) is 0 Å². The lowest BCUT2D eigenvalue weighted by atomic mass is 10.1. The number of likely N-dealkylation sites (N-methyl/N-ethyl adjacent to an activating group) is 1. The van der Waals surface area contributed by atoms with Crippen LogP contribution in [0.4, 0.5) is 0 Å². The van der Waals surface area contributed by atoms with Gasteiger partial charge in [-0.25, -0.2) is 0 Å². The SMILES string of the molecule is CNC[C@@H](NC(=O)[C@@H]1CCCN1C(=O)[C@@H]1CCCN1C(=O)[C@@H](N)[C@@H](C)O)[C@@H](C)O. The van der Waals surface area contributed by atoms with Crippen LogP contribution in [0.25, 0.3) is 0 Å². The van der Waals surface area contributed by atoms with Gasteiger partial charge in [-0.2, -0.15) is 0 Å². The third kappa shape index (κ3) is 5.44. The molecule has 2 aliphatic heterocycles. The third-order valence-electron chi connectivity index (χ3n) is 5.80. The molecule has 2 fully saturated rings. The second-order valence-corrected chi connectivity index (χ2v) is 8.06. The lowest BCUT2D eigenvalue weighted by Gasteiger charge is -2.33. The van der Waals surface area contributed by atoms with E-state index in [1.165, 1.54) is 16.7 Å². The summed E-state index contributed by atoms with van der Waals surface area (Å²) in [6.07, 6.45) is 0.681. The summed E-state index contributed by atoms with van der Waals surface area (Å²) in [5.41, 5.74) is 5.78. The normalized spacial score (nSPS) is 26.1. The highest BCUT2D eigenvalue weighted by atomic mass is 16.3. The predicted molar refractivity (Wildman–Crippen MR) is 107 cm³/mol. The number of amides is 3. The summed E-state index contributed by atoms with van der Waals surface area (Å²) in [7, 11) is 1.73. The summed E-state index contributed by atoms with van der Waals surface area (Å²) < 4.78 is 0. The maximum Gasteiger partial charge on any atom is 0.246 e. The van der Waals surface area contributed by atoms with E-state index in [1.807, 2.05) is 0 Å². The van der Waals surface area contributed by atoms with E-state index >= 15 is 0 Å². The molecule has 6 atom stereocenters. The Hall–Kier alpha value is -1.75. The first-order valence-corrected chi connectivity index (χ1v) is 10.4. The van der Waals surface area contributed by atoms with E-state index in [1.54, 1.807) is 14.0 Å². The summed E-state index contributed by atoms with van der Waals surface area (Å²) in [6.45, 7) is 4.31. The minimum absolute atomic E-state index is 0.256. The number of nitrogens with one attached hydrogen (secondary N) is 2. The molecule has 166 valence electrons. The monoisotopic (exact) mass is 413 g/mol. The number of carbonyl (C=O) groups excluding carboxylic acids is 3. The van der Waals surface area contributed by atoms with Gasteiger partial charge in [0.25, 0.3) is 0 Å². The number of rotatable bonds is 8. The summed E-state index contributed by atoms with van der Waals surface area (Å²) in [5, 5.41) is 25.2. The fourth-order valence-corrected chi connectivity index (χ4v) is 4.02. The lowest BCUT2D eigenvalue weighted by molar-refractivity contribution is -0.148. The van der Waals surface area contributed by atoms with Gasteiger partial charge in [0.1, 0.15) is 18.1 Å². The lowest BCUT2D eigenvalue weighted by Crippen LogP contribution is -2.58. The molecule has 0 aliphatic carbocycles. The van der Waals surface area contributed by atoms with Crippen molar-refractivity contribution in [2.75, 3.05) is 26.7 Å². The number of hydrogen-bond donors (Lipinski definition) is 5. The molecule has 2 rings (SSSR count). The average molecular weight is 414 g/mol. The minimum atomic E-state index is -1.07.